The number of rotatable bonds is 4. The van der Waals surface area contributed by atoms with Crippen LogP contribution < -0.4 is 10.6 Å². The number of H-pyrrole nitrogens is 1. The van der Waals surface area contributed by atoms with Crippen molar-refractivity contribution in [3.8, 4) is 0 Å². The summed E-state index contributed by atoms with van der Waals surface area (Å²) >= 11 is 0. The third-order valence-corrected chi connectivity index (χ3v) is 4.00. The van der Waals surface area contributed by atoms with Gasteiger partial charge in [-0.2, -0.15) is 0 Å². The minimum Gasteiger partial charge on any atom is -0.369 e. The van der Waals surface area contributed by atoms with Gasteiger partial charge < -0.3 is 20.5 Å². The molecule has 2 heterocycles. The molecule has 0 amide bonds. The fraction of sp³-hybridized carbons (Fsp3) is 0.533. The summed E-state index contributed by atoms with van der Waals surface area (Å²) in [6.45, 7) is 5.15. The van der Waals surface area contributed by atoms with E-state index in [1.54, 1.807) is 0 Å². The lowest BCUT2D eigenvalue weighted by Gasteiger charge is -2.34. The van der Waals surface area contributed by atoms with E-state index in [-0.39, 0.29) is 0 Å². The first kappa shape index (κ1) is 13.4. The Labute approximate surface area is 119 Å². The Morgan fingerprint density at radius 2 is 2.05 bits per heavy atom. The molecule has 0 atom stereocenters. The molecule has 0 bridgehead atoms. The Bertz CT molecular complexity index is 569. The van der Waals surface area contributed by atoms with Gasteiger partial charge in [0.1, 0.15) is 5.82 Å². The number of aromatic amines is 1. The van der Waals surface area contributed by atoms with Gasteiger partial charge in [-0.3, -0.25) is 0 Å². The van der Waals surface area contributed by atoms with E-state index in [1.807, 2.05) is 0 Å². The molecule has 1 saturated heterocycles. The number of anilines is 1. The van der Waals surface area contributed by atoms with Crippen molar-refractivity contribution in [2.45, 2.75) is 12.8 Å². The molecule has 1 aromatic carbocycles. The van der Waals surface area contributed by atoms with E-state index in [2.05, 4.69) is 45.0 Å². The van der Waals surface area contributed by atoms with Crippen LogP contribution in [0, 0.1) is 0 Å². The van der Waals surface area contributed by atoms with Gasteiger partial charge in [-0.15, -0.1) is 0 Å². The minimum atomic E-state index is 0.712. The molecule has 5 nitrogen and oxygen atoms in total. The topological polar surface area (TPSA) is 61.2 Å². The maximum absolute atomic E-state index is 5.55. The summed E-state index contributed by atoms with van der Waals surface area (Å²) in [5.41, 5.74) is 9.03. The van der Waals surface area contributed by atoms with Crippen LogP contribution in [0.25, 0.3) is 11.0 Å². The van der Waals surface area contributed by atoms with Crippen LogP contribution in [0.4, 0.5) is 5.69 Å². The average Bonchev–Trinajstić information content (AvgIpc) is 2.87. The van der Waals surface area contributed by atoms with Crippen molar-refractivity contribution in [3.63, 3.8) is 0 Å². The zero-order valence-electron chi connectivity index (χ0n) is 12.1. The predicted molar refractivity (Wildman–Crippen MR) is 83.2 cm³/mol. The fourth-order valence-electron chi connectivity index (χ4n) is 2.70. The SMILES string of the molecule is CN1CCN(c2ccc3nc(CCCN)[nH]c3c2)CC1. The zero-order valence-corrected chi connectivity index (χ0v) is 12.1. The predicted octanol–water partition coefficient (Wildman–Crippen LogP) is 1.21. The van der Waals surface area contributed by atoms with Gasteiger partial charge in [-0.1, -0.05) is 0 Å². The maximum Gasteiger partial charge on any atom is 0.107 e. The lowest BCUT2D eigenvalue weighted by Crippen LogP contribution is -2.44. The van der Waals surface area contributed by atoms with Crippen LogP contribution in [0.5, 0.6) is 0 Å². The molecule has 1 aliphatic rings. The second kappa shape index (κ2) is 5.81. The summed E-state index contributed by atoms with van der Waals surface area (Å²) in [6, 6.07) is 6.52. The van der Waals surface area contributed by atoms with Gasteiger partial charge in [0.05, 0.1) is 11.0 Å². The highest BCUT2D eigenvalue weighted by atomic mass is 15.2. The summed E-state index contributed by atoms with van der Waals surface area (Å²) < 4.78 is 0. The molecule has 3 rings (SSSR count). The maximum atomic E-state index is 5.55. The lowest BCUT2D eigenvalue weighted by molar-refractivity contribution is 0.313. The van der Waals surface area contributed by atoms with Crippen LogP contribution in [-0.2, 0) is 6.42 Å². The highest BCUT2D eigenvalue weighted by molar-refractivity contribution is 5.79. The van der Waals surface area contributed by atoms with E-state index in [4.69, 9.17) is 5.73 Å². The van der Waals surface area contributed by atoms with Crippen molar-refractivity contribution >= 4 is 16.7 Å². The number of piperazine rings is 1. The molecule has 0 spiro atoms. The van der Waals surface area contributed by atoms with E-state index in [1.165, 1.54) is 5.69 Å². The zero-order chi connectivity index (χ0) is 13.9. The molecular formula is C15H23N5. The third kappa shape index (κ3) is 2.78. The Hall–Kier alpha value is -1.59. The van der Waals surface area contributed by atoms with E-state index in [0.717, 1.165) is 55.9 Å². The van der Waals surface area contributed by atoms with Gasteiger partial charge >= 0.3 is 0 Å². The summed E-state index contributed by atoms with van der Waals surface area (Å²) in [5.74, 6) is 1.04. The quantitative estimate of drug-likeness (QED) is 0.879. The van der Waals surface area contributed by atoms with E-state index >= 15 is 0 Å². The summed E-state index contributed by atoms with van der Waals surface area (Å²) in [4.78, 5) is 12.8. The summed E-state index contributed by atoms with van der Waals surface area (Å²) in [6.07, 6.45) is 1.90. The Morgan fingerprint density at radius 1 is 1.25 bits per heavy atom. The van der Waals surface area contributed by atoms with Crippen molar-refractivity contribution in [1.82, 2.24) is 14.9 Å². The number of nitrogens with zero attached hydrogens (tertiary/aromatic N) is 3. The molecule has 1 fully saturated rings. The number of aryl methyl sites for hydroxylation is 1. The molecule has 5 heteroatoms. The number of likely N-dealkylation sites (N-methyl/N-ethyl adjacent to an activating group) is 1. The van der Waals surface area contributed by atoms with Crippen LogP contribution in [0.2, 0.25) is 0 Å². The summed E-state index contributed by atoms with van der Waals surface area (Å²) in [7, 11) is 2.18. The molecule has 20 heavy (non-hydrogen) atoms. The number of aromatic nitrogens is 2. The number of nitrogens with one attached hydrogen (secondary N) is 1. The van der Waals surface area contributed by atoms with E-state index in [0.29, 0.717) is 6.54 Å². The van der Waals surface area contributed by atoms with Crippen LogP contribution in [0.15, 0.2) is 18.2 Å². The van der Waals surface area contributed by atoms with Gasteiger partial charge in [-0.05, 0) is 38.2 Å². The molecule has 2 aromatic rings. The standard InChI is InChI=1S/C15H23N5/c1-19-7-9-20(10-8-19)12-4-5-13-14(11-12)18-15(17-13)3-2-6-16/h4-5,11H,2-3,6-10,16H2,1H3,(H,17,18). The first-order chi connectivity index (χ1) is 9.76. The van der Waals surface area contributed by atoms with Crippen molar-refractivity contribution in [2.24, 2.45) is 5.73 Å². The largest absolute Gasteiger partial charge is 0.369 e. The molecule has 0 saturated carbocycles. The number of benzene rings is 1. The molecule has 0 radical (unpaired) electrons. The van der Waals surface area contributed by atoms with Gasteiger partial charge in [0, 0.05) is 38.3 Å². The molecule has 1 aliphatic heterocycles. The van der Waals surface area contributed by atoms with Gasteiger partial charge in [-0.25, -0.2) is 4.98 Å². The van der Waals surface area contributed by atoms with Crippen LogP contribution >= 0.6 is 0 Å². The van der Waals surface area contributed by atoms with Crippen molar-refractivity contribution < 1.29 is 0 Å². The number of hydrogen-bond acceptors (Lipinski definition) is 4. The Balaban J connectivity index is 1.79. The van der Waals surface area contributed by atoms with Crippen LogP contribution in [-0.4, -0.2) is 54.6 Å². The third-order valence-electron chi connectivity index (χ3n) is 4.00. The van der Waals surface area contributed by atoms with Gasteiger partial charge in [0.15, 0.2) is 0 Å². The van der Waals surface area contributed by atoms with Crippen molar-refractivity contribution in [1.29, 1.82) is 0 Å². The Morgan fingerprint density at radius 3 is 2.80 bits per heavy atom. The number of nitrogens with two attached hydrogens (primary N) is 1. The first-order valence-corrected chi connectivity index (χ1v) is 7.38. The van der Waals surface area contributed by atoms with Crippen LogP contribution in [0.3, 0.4) is 0 Å². The Kier molecular flexibility index (Phi) is 3.89. The van der Waals surface area contributed by atoms with Crippen molar-refractivity contribution in [2.75, 3.05) is 44.7 Å². The first-order valence-electron chi connectivity index (χ1n) is 7.38. The molecule has 108 valence electrons. The lowest BCUT2D eigenvalue weighted by atomic mass is 10.2. The average molecular weight is 273 g/mol. The van der Waals surface area contributed by atoms with E-state index in [9.17, 15) is 0 Å². The number of imidazole rings is 1. The van der Waals surface area contributed by atoms with Gasteiger partial charge in [0.2, 0.25) is 0 Å². The van der Waals surface area contributed by atoms with Gasteiger partial charge in [0.25, 0.3) is 0 Å². The molecule has 1 aromatic heterocycles. The number of fused-ring (bicyclic) bond motifs is 1. The molecule has 0 aliphatic carbocycles. The highest BCUT2D eigenvalue weighted by Gasteiger charge is 2.15. The fourth-order valence-corrected chi connectivity index (χ4v) is 2.70. The van der Waals surface area contributed by atoms with E-state index < -0.39 is 0 Å². The van der Waals surface area contributed by atoms with Crippen molar-refractivity contribution in [3.05, 3.63) is 24.0 Å². The summed E-state index contributed by atoms with van der Waals surface area (Å²) in [5, 5.41) is 0. The van der Waals surface area contributed by atoms with Crippen LogP contribution in [0.1, 0.15) is 12.2 Å². The smallest absolute Gasteiger partial charge is 0.107 e. The molecular weight excluding hydrogens is 250 g/mol. The normalized spacial score (nSPS) is 17.0. The minimum absolute atomic E-state index is 0.712. The highest BCUT2D eigenvalue weighted by Crippen LogP contribution is 2.22. The molecule has 3 N–H and O–H groups in total. The second-order valence-corrected chi connectivity index (χ2v) is 5.57. The number of hydrogen-bond donors (Lipinski definition) is 2. The second-order valence-electron chi connectivity index (χ2n) is 5.57. The molecule has 0 unspecified atom stereocenters. The monoisotopic (exact) mass is 273 g/mol.